The number of piperidine rings is 1. The van der Waals surface area contributed by atoms with Crippen molar-refractivity contribution in [3.05, 3.63) is 40.2 Å². The van der Waals surface area contributed by atoms with Crippen molar-refractivity contribution in [2.75, 3.05) is 31.1 Å². The second-order valence-corrected chi connectivity index (χ2v) is 10.6. The number of anilines is 1. The minimum Gasteiger partial charge on any atom is -0.349 e. The molecule has 4 heterocycles. The van der Waals surface area contributed by atoms with Crippen LogP contribution in [0, 0.1) is 0 Å². The Kier molecular flexibility index (Phi) is 5.47. The van der Waals surface area contributed by atoms with Gasteiger partial charge in [0.2, 0.25) is 0 Å². The fraction of sp³-hybridized carbons (Fsp3) is 0.409. The molecule has 1 aliphatic rings. The van der Waals surface area contributed by atoms with Crippen LogP contribution in [0.4, 0.5) is 5.13 Å². The number of carbonyl (C=O) groups excluding carboxylic acids is 1. The van der Waals surface area contributed by atoms with E-state index in [0.717, 1.165) is 64.1 Å². The van der Waals surface area contributed by atoms with Gasteiger partial charge in [0.1, 0.15) is 4.83 Å². The lowest BCUT2D eigenvalue weighted by Crippen LogP contribution is -2.37. The standard InChI is InChI=1S/C22H24N4OS3/c1-3-25(4-2)22-24-20-17(30-22)13-18(29-20)21(27)26-11-9-14(10-12-26)19-23-15-7-5-6-8-16(15)28-19/h5-8,13-14H,3-4,9-12H2,1-2H3. The normalized spacial score (nSPS) is 15.3. The maximum Gasteiger partial charge on any atom is 0.264 e. The van der Waals surface area contributed by atoms with Crippen molar-refractivity contribution in [1.29, 1.82) is 0 Å². The average molecular weight is 457 g/mol. The molecule has 1 amide bonds. The Labute approximate surface area is 188 Å². The molecule has 3 aromatic heterocycles. The SMILES string of the molecule is CCN(CC)c1nc2sc(C(=O)N3CCC(c4nc5ccccc5s4)CC3)cc2s1. The fourth-order valence-corrected chi connectivity index (χ4v) is 7.45. The van der Waals surface area contributed by atoms with Crippen LogP contribution >= 0.6 is 34.0 Å². The molecule has 0 radical (unpaired) electrons. The molecule has 0 saturated carbocycles. The van der Waals surface area contributed by atoms with Gasteiger partial charge in [-0.2, -0.15) is 0 Å². The third-order valence-electron chi connectivity index (χ3n) is 5.76. The first-order valence-corrected chi connectivity index (χ1v) is 12.9. The number of aromatic nitrogens is 2. The summed E-state index contributed by atoms with van der Waals surface area (Å²) in [7, 11) is 0. The Morgan fingerprint density at radius 1 is 1.07 bits per heavy atom. The highest BCUT2D eigenvalue weighted by molar-refractivity contribution is 7.29. The van der Waals surface area contributed by atoms with Crippen LogP contribution in [0.1, 0.15) is 47.3 Å². The van der Waals surface area contributed by atoms with E-state index >= 15 is 0 Å². The summed E-state index contributed by atoms with van der Waals surface area (Å²) in [6.45, 7) is 7.78. The Balaban J connectivity index is 1.26. The van der Waals surface area contributed by atoms with E-state index in [1.807, 2.05) is 17.0 Å². The molecule has 5 nitrogen and oxygen atoms in total. The zero-order valence-corrected chi connectivity index (χ0v) is 19.6. The van der Waals surface area contributed by atoms with Crippen LogP contribution < -0.4 is 4.90 Å². The Bertz CT molecular complexity index is 1120. The molecule has 1 aromatic carbocycles. The molecule has 1 saturated heterocycles. The van der Waals surface area contributed by atoms with Crippen LogP contribution in [0.25, 0.3) is 19.7 Å². The van der Waals surface area contributed by atoms with Crippen LogP contribution in [0.15, 0.2) is 30.3 Å². The number of hydrogen-bond acceptors (Lipinski definition) is 7. The number of fused-ring (bicyclic) bond motifs is 2. The van der Waals surface area contributed by atoms with Gasteiger partial charge in [0.05, 0.1) is 24.8 Å². The smallest absolute Gasteiger partial charge is 0.264 e. The molecular formula is C22H24N4OS3. The van der Waals surface area contributed by atoms with Gasteiger partial charge in [0, 0.05) is 32.1 Å². The average Bonchev–Trinajstić information content (AvgIpc) is 3.47. The van der Waals surface area contributed by atoms with E-state index in [4.69, 9.17) is 9.97 Å². The van der Waals surface area contributed by atoms with Crippen molar-refractivity contribution in [3.8, 4) is 0 Å². The molecule has 0 spiro atoms. The van der Waals surface area contributed by atoms with Gasteiger partial charge < -0.3 is 9.80 Å². The van der Waals surface area contributed by atoms with Gasteiger partial charge in [-0.15, -0.1) is 22.7 Å². The van der Waals surface area contributed by atoms with Crippen molar-refractivity contribution >= 4 is 64.8 Å². The summed E-state index contributed by atoms with van der Waals surface area (Å²) < 4.78 is 2.37. The summed E-state index contributed by atoms with van der Waals surface area (Å²) in [4.78, 5) is 28.7. The van der Waals surface area contributed by atoms with E-state index in [2.05, 4.69) is 36.9 Å². The van der Waals surface area contributed by atoms with Crippen LogP contribution in [-0.4, -0.2) is 47.0 Å². The second kappa shape index (κ2) is 8.24. The Hall–Kier alpha value is -2.03. The van der Waals surface area contributed by atoms with Gasteiger partial charge in [0.25, 0.3) is 5.91 Å². The predicted octanol–water partition coefficient (Wildman–Crippen LogP) is 5.83. The predicted molar refractivity (Wildman–Crippen MR) is 129 cm³/mol. The zero-order valence-electron chi connectivity index (χ0n) is 17.1. The number of nitrogens with zero attached hydrogens (tertiary/aromatic N) is 4. The molecule has 30 heavy (non-hydrogen) atoms. The molecule has 4 aromatic rings. The summed E-state index contributed by atoms with van der Waals surface area (Å²) in [6.07, 6.45) is 1.96. The van der Waals surface area contributed by atoms with Gasteiger partial charge >= 0.3 is 0 Å². The van der Waals surface area contributed by atoms with Crippen LogP contribution in [0.5, 0.6) is 0 Å². The summed E-state index contributed by atoms with van der Waals surface area (Å²) in [5.74, 6) is 0.605. The number of rotatable bonds is 5. The highest BCUT2D eigenvalue weighted by atomic mass is 32.1. The van der Waals surface area contributed by atoms with Gasteiger partial charge in [-0.05, 0) is 44.9 Å². The maximum atomic E-state index is 13.1. The minimum absolute atomic E-state index is 0.150. The lowest BCUT2D eigenvalue weighted by molar-refractivity contribution is 0.0718. The van der Waals surface area contributed by atoms with Crippen molar-refractivity contribution in [2.24, 2.45) is 0 Å². The molecule has 5 rings (SSSR count). The molecule has 1 aliphatic heterocycles. The van der Waals surface area contributed by atoms with E-state index in [9.17, 15) is 4.79 Å². The monoisotopic (exact) mass is 456 g/mol. The van der Waals surface area contributed by atoms with Gasteiger partial charge in [-0.1, -0.05) is 23.5 Å². The molecule has 0 atom stereocenters. The third-order valence-corrected chi connectivity index (χ3v) is 9.17. The molecule has 0 N–H and O–H groups in total. The Morgan fingerprint density at radius 3 is 2.53 bits per heavy atom. The summed E-state index contributed by atoms with van der Waals surface area (Å²) in [5, 5.41) is 2.27. The largest absolute Gasteiger partial charge is 0.349 e. The number of thiophene rings is 1. The first-order valence-electron chi connectivity index (χ1n) is 10.5. The molecule has 0 aliphatic carbocycles. The van der Waals surface area contributed by atoms with Gasteiger partial charge in [-0.3, -0.25) is 4.79 Å². The maximum absolute atomic E-state index is 13.1. The molecule has 8 heteroatoms. The Morgan fingerprint density at radius 2 is 1.83 bits per heavy atom. The van der Waals surface area contributed by atoms with E-state index in [1.54, 1.807) is 22.7 Å². The highest BCUT2D eigenvalue weighted by Crippen LogP contribution is 2.37. The number of likely N-dealkylation sites (tertiary alicyclic amines) is 1. The molecular weight excluding hydrogens is 432 g/mol. The molecule has 0 unspecified atom stereocenters. The van der Waals surface area contributed by atoms with E-state index in [1.165, 1.54) is 21.0 Å². The van der Waals surface area contributed by atoms with Crippen molar-refractivity contribution in [1.82, 2.24) is 14.9 Å². The first-order chi connectivity index (χ1) is 14.7. The number of hydrogen-bond donors (Lipinski definition) is 0. The van der Waals surface area contributed by atoms with E-state index < -0.39 is 0 Å². The lowest BCUT2D eigenvalue weighted by Gasteiger charge is -2.30. The minimum atomic E-state index is 0.150. The number of carbonyl (C=O) groups is 1. The van der Waals surface area contributed by atoms with Crippen molar-refractivity contribution in [2.45, 2.75) is 32.6 Å². The second-order valence-electron chi connectivity index (χ2n) is 7.54. The molecule has 0 bridgehead atoms. The first kappa shape index (κ1) is 19.9. The van der Waals surface area contributed by atoms with Gasteiger partial charge in [-0.25, -0.2) is 9.97 Å². The summed E-state index contributed by atoms with van der Waals surface area (Å²) in [5.41, 5.74) is 1.09. The van der Waals surface area contributed by atoms with Crippen molar-refractivity contribution in [3.63, 3.8) is 0 Å². The zero-order chi connectivity index (χ0) is 20.7. The highest BCUT2D eigenvalue weighted by Gasteiger charge is 2.28. The van der Waals surface area contributed by atoms with Crippen LogP contribution in [-0.2, 0) is 0 Å². The fourth-order valence-electron chi connectivity index (χ4n) is 4.01. The lowest BCUT2D eigenvalue weighted by atomic mass is 9.97. The molecule has 156 valence electrons. The number of amides is 1. The van der Waals surface area contributed by atoms with E-state index in [-0.39, 0.29) is 5.91 Å². The van der Waals surface area contributed by atoms with Crippen molar-refractivity contribution < 1.29 is 4.79 Å². The topological polar surface area (TPSA) is 49.3 Å². The third kappa shape index (κ3) is 3.61. The molecule has 1 fully saturated rings. The summed E-state index contributed by atoms with van der Waals surface area (Å²) >= 11 is 5.01. The quantitative estimate of drug-likeness (QED) is 0.379. The van der Waals surface area contributed by atoms with Crippen LogP contribution in [0.3, 0.4) is 0 Å². The summed E-state index contributed by atoms with van der Waals surface area (Å²) in [6, 6.07) is 10.4. The van der Waals surface area contributed by atoms with E-state index in [0.29, 0.717) is 5.92 Å². The number of benzene rings is 1. The van der Waals surface area contributed by atoms with Gasteiger partial charge in [0.15, 0.2) is 5.13 Å². The number of para-hydroxylation sites is 1. The van der Waals surface area contributed by atoms with Crippen LogP contribution in [0.2, 0.25) is 0 Å². The number of thiazole rings is 2.